The Balaban J connectivity index is 1.58. The Kier molecular flexibility index (Phi) is 5.76. The molecule has 0 saturated heterocycles. The molecule has 1 aliphatic carbocycles. The molecule has 0 radical (unpaired) electrons. The SMILES string of the molecule is CN(C)c1c(-c2ccnc(N[C@H]3CC[C@H](N)CC3)n2)cnn1Cc1ccccc1. The first-order chi connectivity index (χ1) is 14.1. The van der Waals surface area contributed by atoms with Gasteiger partial charge in [-0.1, -0.05) is 30.3 Å². The maximum atomic E-state index is 6.02. The third kappa shape index (κ3) is 4.56. The summed E-state index contributed by atoms with van der Waals surface area (Å²) in [7, 11) is 4.07. The van der Waals surface area contributed by atoms with Gasteiger partial charge in [0.05, 0.1) is 24.0 Å². The summed E-state index contributed by atoms with van der Waals surface area (Å²) in [5, 5.41) is 8.13. The summed E-state index contributed by atoms with van der Waals surface area (Å²) in [6, 6.07) is 13.0. The van der Waals surface area contributed by atoms with Gasteiger partial charge >= 0.3 is 0 Å². The average molecular weight is 392 g/mol. The largest absolute Gasteiger partial charge is 0.362 e. The van der Waals surface area contributed by atoms with Crippen molar-refractivity contribution in [3.8, 4) is 11.3 Å². The van der Waals surface area contributed by atoms with E-state index < -0.39 is 0 Å². The maximum Gasteiger partial charge on any atom is 0.223 e. The number of hydrogen-bond donors (Lipinski definition) is 2. The van der Waals surface area contributed by atoms with Crippen molar-refractivity contribution in [2.24, 2.45) is 5.73 Å². The van der Waals surface area contributed by atoms with Crippen molar-refractivity contribution < 1.29 is 0 Å². The molecule has 2 aromatic heterocycles. The lowest BCUT2D eigenvalue weighted by atomic mass is 9.92. The van der Waals surface area contributed by atoms with E-state index in [1.165, 1.54) is 5.56 Å². The monoisotopic (exact) mass is 391 g/mol. The lowest BCUT2D eigenvalue weighted by Crippen LogP contribution is -2.33. The fraction of sp³-hybridized carbons (Fsp3) is 0.409. The second kappa shape index (κ2) is 8.61. The number of nitrogens with two attached hydrogens (primary N) is 1. The molecule has 1 aromatic carbocycles. The molecule has 1 fully saturated rings. The smallest absolute Gasteiger partial charge is 0.223 e. The molecule has 7 heteroatoms. The van der Waals surface area contributed by atoms with E-state index in [-0.39, 0.29) is 0 Å². The van der Waals surface area contributed by atoms with Crippen LogP contribution in [0.25, 0.3) is 11.3 Å². The number of hydrogen-bond acceptors (Lipinski definition) is 6. The molecule has 3 N–H and O–H groups in total. The van der Waals surface area contributed by atoms with E-state index in [0.717, 1.165) is 42.8 Å². The molecule has 29 heavy (non-hydrogen) atoms. The fourth-order valence-corrected chi connectivity index (χ4v) is 3.93. The second-order valence-electron chi connectivity index (χ2n) is 7.94. The normalized spacial score (nSPS) is 19.1. The quantitative estimate of drug-likeness (QED) is 0.671. The van der Waals surface area contributed by atoms with Gasteiger partial charge in [0.2, 0.25) is 5.95 Å². The third-order valence-electron chi connectivity index (χ3n) is 5.45. The first-order valence-corrected chi connectivity index (χ1v) is 10.2. The molecular weight excluding hydrogens is 362 g/mol. The van der Waals surface area contributed by atoms with Crippen LogP contribution >= 0.6 is 0 Å². The van der Waals surface area contributed by atoms with Crippen molar-refractivity contribution in [1.82, 2.24) is 19.7 Å². The van der Waals surface area contributed by atoms with E-state index in [4.69, 9.17) is 10.7 Å². The Hall–Kier alpha value is -2.93. The van der Waals surface area contributed by atoms with Crippen molar-refractivity contribution >= 4 is 11.8 Å². The van der Waals surface area contributed by atoms with Gasteiger partial charge in [0, 0.05) is 32.4 Å². The van der Waals surface area contributed by atoms with Crippen LogP contribution in [0, 0.1) is 0 Å². The average Bonchev–Trinajstić information content (AvgIpc) is 3.15. The Morgan fingerprint density at radius 2 is 1.86 bits per heavy atom. The highest BCUT2D eigenvalue weighted by Gasteiger charge is 2.20. The zero-order chi connectivity index (χ0) is 20.2. The van der Waals surface area contributed by atoms with Crippen LogP contribution in [-0.4, -0.2) is 45.9 Å². The predicted octanol–water partition coefficient (Wildman–Crippen LogP) is 3.14. The van der Waals surface area contributed by atoms with Crippen LogP contribution in [0.5, 0.6) is 0 Å². The van der Waals surface area contributed by atoms with E-state index in [1.807, 2.05) is 43.3 Å². The molecule has 0 bridgehead atoms. The van der Waals surface area contributed by atoms with Crippen molar-refractivity contribution in [3.05, 3.63) is 54.4 Å². The van der Waals surface area contributed by atoms with Crippen LogP contribution < -0.4 is 16.0 Å². The van der Waals surface area contributed by atoms with E-state index in [0.29, 0.717) is 24.6 Å². The Morgan fingerprint density at radius 1 is 1.10 bits per heavy atom. The van der Waals surface area contributed by atoms with E-state index in [1.54, 1.807) is 0 Å². The van der Waals surface area contributed by atoms with Gasteiger partial charge in [0.1, 0.15) is 5.82 Å². The van der Waals surface area contributed by atoms with Crippen LogP contribution in [0.3, 0.4) is 0 Å². The number of nitrogens with one attached hydrogen (secondary N) is 1. The molecule has 152 valence electrons. The minimum atomic E-state index is 0.332. The van der Waals surface area contributed by atoms with Gasteiger partial charge in [-0.3, -0.25) is 0 Å². The highest BCUT2D eigenvalue weighted by atomic mass is 15.4. The molecule has 0 unspecified atom stereocenters. The number of aromatic nitrogens is 4. The van der Waals surface area contributed by atoms with Crippen molar-refractivity contribution in [2.75, 3.05) is 24.3 Å². The van der Waals surface area contributed by atoms with Gasteiger partial charge in [-0.15, -0.1) is 0 Å². The number of nitrogens with zero attached hydrogens (tertiary/aromatic N) is 5. The second-order valence-corrected chi connectivity index (χ2v) is 7.94. The van der Waals surface area contributed by atoms with Crippen LogP contribution in [-0.2, 0) is 6.54 Å². The van der Waals surface area contributed by atoms with Crippen LogP contribution in [0.2, 0.25) is 0 Å². The minimum absolute atomic E-state index is 0.332. The van der Waals surface area contributed by atoms with Gasteiger partial charge in [-0.25, -0.2) is 14.6 Å². The summed E-state index contributed by atoms with van der Waals surface area (Å²) < 4.78 is 2.02. The molecule has 0 aliphatic heterocycles. The third-order valence-corrected chi connectivity index (χ3v) is 5.45. The van der Waals surface area contributed by atoms with Gasteiger partial charge in [0.25, 0.3) is 0 Å². The summed E-state index contributed by atoms with van der Waals surface area (Å²) in [6.45, 7) is 0.715. The molecule has 1 aliphatic rings. The Labute approximate surface area is 172 Å². The lowest BCUT2D eigenvalue weighted by Gasteiger charge is -2.26. The zero-order valence-corrected chi connectivity index (χ0v) is 17.1. The maximum absolute atomic E-state index is 6.02. The molecule has 1 saturated carbocycles. The molecule has 0 amide bonds. The van der Waals surface area contributed by atoms with E-state index >= 15 is 0 Å². The first-order valence-electron chi connectivity index (χ1n) is 10.2. The molecule has 0 spiro atoms. The van der Waals surface area contributed by atoms with E-state index in [9.17, 15) is 0 Å². The molecule has 2 heterocycles. The summed E-state index contributed by atoms with van der Waals surface area (Å²) >= 11 is 0. The van der Waals surface area contributed by atoms with E-state index in [2.05, 4.69) is 44.6 Å². The lowest BCUT2D eigenvalue weighted by molar-refractivity contribution is 0.410. The van der Waals surface area contributed by atoms with Gasteiger partial charge < -0.3 is 16.0 Å². The number of anilines is 2. The Morgan fingerprint density at radius 3 is 2.59 bits per heavy atom. The number of rotatable bonds is 6. The van der Waals surface area contributed by atoms with Gasteiger partial charge in [-0.2, -0.15) is 5.10 Å². The van der Waals surface area contributed by atoms with Crippen LogP contribution in [0.1, 0.15) is 31.2 Å². The fourth-order valence-electron chi connectivity index (χ4n) is 3.93. The van der Waals surface area contributed by atoms with Crippen molar-refractivity contribution in [2.45, 2.75) is 44.3 Å². The first kappa shape index (κ1) is 19.4. The highest BCUT2D eigenvalue weighted by Crippen LogP contribution is 2.30. The molecular formula is C22H29N7. The van der Waals surface area contributed by atoms with Gasteiger partial charge in [0.15, 0.2) is 0 Å². The van der Waals surface area contributed by atoms with Gasteiger partial charge in [-0.05, 0) is 37.3 Å². The number of benzene rings is 1. The summed E-state index contributed by atoms with van der Waals surface area (Å²) in [5.74, 6) is 1.70. The molecule has 4 rings (SSSR count). The predicted molar refractivity (Wildman–Crippen MR) is 117 cm³/mol. The minimum Gasteiger partial charge on any atom is -0.362 e. The molecule has 0 atom stereocenters. The standard InChI is InChI=1S/C22H29N7/c1-28(2)21-19(14-25-29(21)15-16-6-4-3-5-7-16)20-12-13-24-22(27-20)26-18-10-8-17(23)9-11-18/h3-7,12-14,17-18H,8-11,15,23H2,1-2H3,(H,24,26,27)/t17-,18-. The zero-order valence-electron chi connectivity index (χ0n) is 17.1. The Bertz CT molecular complexity index is 927. The van der Waals surface area contributed by atoms with Crippen LogP contribution in [0.15, 0.2) is 48.8 Å². The highest BCUT2D eigenvalue weighted by molar-refractivity contribution is 5.73. The van der Waals surface area contributed by atoms with Crippen molar-refractivity contribution in [1.29, 1.82) is 0 Å². The summed E-state index contributed by atoms with van der Waals surface area (Å²) in [5.41, 5.74) is 9.11. The summed E-state index contributed by atoms with van der Waals surface area (Å²) in [6.07, 6.45) is 7.93. The van der Waals surface area contributed by atoms with Crippen molar-refractivity contribution in [3.63, 3.8) is 0 Å². The summed E-state index contributed by atoms with van der Waals surface area (Å²) in [4.78, 5) is 11.3. The molecule has 3 aromatic rings. The van der Waals surface area contributed by atoms with Crippen LogP contribution in [0.4, 0.5) is 11.8 Å². The molecule has 7 nitrogen and oxygen atoms in total. The topological polar surface area (TPSA) is 84.9 Å².